The summed E-state index contributed by atoms with van der Waals surface area (Å²) in [6.07, 6.45) is 2.02. The number of benzene rings is 2. The maximum atomic E-state index is 10.2. The second kappa shape index (κ2) is 8.60. The molecular weight excluding hydrogens is 398 g/mol. The minimum Gasteiger partial charge on any atom is -0.497 e. The summed E-state index contributed by atoms with van der Waals surface area (Å²) in [5.74, 6) is -0.126. The van der Waals surface area contributed by atoms with Crippen LogP contribution in [0.5, 0.6) is 5.75 Å². The highest BCUT2D eigenvalue weighted by molar-refractivity contribution is 5.59. The van der Waals surface area contributed by atoms with Crippen LogP contribution in [0.4, 0.5) is 0 Å². The topological polar surface area (TPSA) is 110 Å². The van der Waals surface area contributed by atoms with Gasteiger partial charge in [-0.05, 0) is 28.8 Å². The molecule has 0 saturated carbocycles. The zero-order valence-electron chi connectivity index (χ0n) is 17.8. The molecule has 1 heterocycles. The van der Waals surface area contributed by atoms with E-state index in [1.54, 1.807) is 7.11 Å². The Morgan fingerprint density at radius 3 is 2.50 bits per heavy atom. The Bertz CT molecular complexity index is 1200. The number of nitriles is 3. The molecular formula is C26H23N5O. The minimum atomic E-state index is -1.64. The van der Waals surface area contributed by atoms with E-state index in [2.05, 4.69) is 35.2 Å². The molecule has 0 bridgehead atoms. The summed E-state index contributed by atoms with van der Waals surface area (Å²) < 4.78 is 5.40. The van der Waals surface area contributed by atoms with E-state index in [0.29, 0.717) is 18.8 Å². The van der Waals surface area contributed by atoms with E-state index in [0.717, 1.165) is 17.7 Å². The van der Waals surface area contributed by atoms with Crippen LogP contribution >= 0.6 is 0 Å². The minimum absolute atomic E-state index is 0.0387. The summed E-state index contributed by atoms with van der Waals surface area (Å²) in [5, 5.41) is 30.3. The van der Waals surface area contributed by atoms with Crippen molar-refractivity contribution in [3.63, 3.8) is 0 Å². The number of ether oxygens (including phenoxy) is 1. The number of nitrogens with two attached hydrogens (primary N) is 1. The van der Waals surface area contributed by atoms with E-state index in [1.807, 2.05) is 48.5 Å². The zero-order valence-corrected chi connectivity index (χ0v) is 17.8. The van der Waals surface area contributed by atoms with Gasteiger partial charge in [0.1, 0.15) is 11.8 Å². The molecule has 0 fully saturated rings. The molecule has 32 heavy (non-hydrogen) atoms. The van der Waals surface area contributed by atoms with Gasteiger partial charge in [0, 0.05) is 31.5 Å². The van der Waals surface area contributed by atoms with Crippen molar-refractivity contribution in [1.29, 1.82) is 15.8 Å². The van der Waals surface area contributed by atoms with Crippen molar-refractivity contribution < 1.29 is 4.74 Å². The van der Waals surface area contributed by atoms with Crippen LogP contribution in [0.15, 0.2) is 77.5 Å². The van der Waals surface area contributed by atoms with Crippen LogP contribution in [0.3, 0.4) is 0 Å². The molecule has 2 N–H and O–H groups in total. The van der Waals surface area contributed by atoms with Crippen LogP contribution in [0.2, 0.25) is 0 Å². The van der Waals surface area contributed by atoms with Crippen molar-refractivity contribution in [1.82, 2.24) is 4.90 Å². The van der Waals surface area contributed by atoms with Gasteiger partial charge in [-0.3, -0.25) is 4.90 Å². The molecule has 6 heteroatoms. The van der Waals surface area contributed by atoms with Gasteiger partial charge >= 0.3 is 0 Å². The Hall–Kier alpha value is -4.05. The normalized spacial score (nSPS) is 22.0. The highest BCUT2D eigenvalue weighted by atomic mass is 16.5. The van der Waals surface area contributed by atoms with E-state index in [9.17, 15) is 15.8 Å². The summed E-state index contributed by atoms with van der Waals surface area (Å²) in [4.78, 5) is 2.27. The molecule has 1 aliphatic carbocycles. The largest absolute Gasteiger partial charge is 0.497 e. The second-order valence-corrected chi connectivity index (χ2v) is 8.13. The summed E-state index contributed by atoms with van der Waals surface area (Å²) in [7, 11) is 1.58. The average molecular weight is 422 g/mol. The molecule has 0 saturated heterocycles. The summed E-state index contributed by atoms with van der Waals surface area (Å²) in [6.45, 7) is 2.00. The predicted molar refractivity (Wildman–Crippen MR) is 120 cm³/mol. The van der Waals surface area contributed by atoms with Gasteiger partial charge in [0.25, 0.3) is 0 Å². The van der Waals surface area contributed by atoms with Gasteiger partial charge in [0.15, 0.2) is 5.41 Å². The molecule has 4 rings (SSSR count). The maximum Gasteiger partial charge on any atom is 0.191 e. The van der Waals surface area contributed by atoms with Crippen molar-refractivity contribution in [2.75, 3.05) is 20.2 Å². The third-order valence-corrected chi connectivity index (χ3v) is 6.44. The number of nitrogens with zero attached hydrogens (tertiary/aromatic N) is 4. The van der Waals surface area contributed by atoms with Gasteiger partial charge < -0.3 is 10.5 Å². The molecule has 0 unspecified atom stereocenters. The lowest BCUT2D eigenvalue weighted by Gasteiger charge is -2.45. The standard InChI is InChI=1S/C26H23N5O/c1-32-20-9-5-8-19(12-20)24-23-15-31(14-18-6-3-2-4-7-18)11-10-21(23)22(13-27)25(30)26(24,16-28)17-29/h2-10,12,23-24H,11,14-15,30H2,1H3/t23-,24+/m1/s1. The van der Waals surface area contributed by atoms with Crippen LogP contribution in [0.1, 0.15) is 17.0 Å². The van der Waals surface area contributed by atoms with Gasteiger partial charge in [0.2, 0.25) is 0 Å². The van der Waals surface area contributed by atoms with Crippen molar-refractivity contribution in [2.24, 2.45) is 17.1 Å². The Morgan fingerprint density at radius 1 is 1.09 bits per heavy atom. The van der Waals surface area contributed by atoms with Crippen LogP contribution in [0, 0.1) is 45.3 Å². The first-order chi connectivity index (χ1) is 15.6. The van der Waals surface area contributed by atoms with Crippen LogP contribution in [-0.4, -0.2) is 25.1 Å². The fourth-order valence-electron chi connectivity index (χ4n) is 4.92. The lowest BCUT2D eigenvalue weighted by molar-refractivity contribution is 0.201. The Morgan fingerprint density at radius 2 is 1.84 bits per heavy atom. The lowest BCUT2D eigenvalue weighted by Crippen LogP contribution is -2.47. The monoisotopic (exact) mass is 421 g/mol. The van der Waals surface area contributed by atoms with Gasteiger partial charge in [-0.1, -0.05) is 48.5 Å². The number of hydrogen-bond acceptors (Lipinski definition) is 6. The highest BCUT2D eigenvalue weighted by Crippen LogP contribution is 2.54. The zero-order chi connectivity index (χ0) is 22.7. The van der Waals surface area contributed by atoms with E-state index in [-0.39, 0.29) is 17.2 Å². The number of fused-ring (bicyclic) bond motifs is 1. The molecule has 0 amide bonds. The Labute approximate surface area is 188 Å². The lowest BCUT2D eigenvalue weighted by atomic mass is 9.58. The van der Waals surface area contributed by atoms with Crippen LogP contribution in [0.25, 0.3) is 0 Å². The van der Waals surface area contributed by atoms with Crippen LogP contribution < -0.4 is 10.5 Å². The van der Waals surface area contributed by atoms with E-state index < -0.39 is 11.3 Å². The SMILES string of the molecule is COc1cccc([C@H]2[C@@H]3CN(Cc4ccccc4)CC=C3C(C#N)=C(N)C2(C#N)C#N)c1. The van der Waals surface area contributed by atoms with E-state index >= 15 is 0 Å². The predicted octanol–water partition coefficient (Wildman–Crippen LogP) is 3.62. The van der Waals surface area contributed by atoms with Crippen molar-refractivity contribution in [3.8, 4) is 24.0 Å². The second-order valence-electron chi connectivity index (χ2n) is 8.13. The van der Waals surface area contributed by atoms with Gasteiger partial charge in [-0.15, -0.1) is 0 Å². The fraction of sp³-hybridized carbons (Fsp3) is 0.269. The number of allylic oxidation sites excluding steroid dienone is 2. The van der Waals surface area contributed by atoms with Gasteiger partial charge in [-0.2, -0.15) is 15.8 Å². The molecule has 2 aromatic rings. The fourth-order valence-corrected chi connectivity index (χ4v) is 4.92. The quantitative estimate of drug-likeness (QED) is 0.807. The smallest absolute Gasteiger partial charge is 0.191 e. The third-order valence-electron chi connectivity index (χ3n) is 6.44. The first-order valence-electron chi connectivity index (χ1n) is 10.4. The first-order valence-corrected chi connectivity index (χ1v) is 10.4. The Kier molecular flexibility index (Phi) is 5.69. The molecule has 0 aromatic heterocycles. The number of methoxy groups -OCH3 is 1. The van der Waals surface area contributed by atoms with Gasteiger partial charge in [0.05, 0.1) is 30.5 Å². The highest BCUT2D eigenvalue weighted by Gasteiger charge is 2.54. The molecule has 6 nitrogen and oxygen atoms in total. The first kappa shape index (κ1) is 21.2. The third kappa shape index (κ3) is 3.40. The summed E-state index contributed by atoms with van der Waals surface area (Å²) >= 11 is 0. The van der Waals surface area contributed by atoms with E-state index in [1.165, 1.54) is 5.56 Å². The molecule has 158 valence electrons. The van der Waals surface area contributed by atoms with Crippen LogP contribution in [-0.2, 0) is 6.54 Å². The van der Waals surface area contributed by atoms with Crippen molar-refractivity contribution in [3.05, 3.63) is 88.6 Å². The molecule has 2 atom stereocenters. The van der Waals surface area contributed by atoms with Gasteiger partial charge in [-0.25, -0.2) is 0 Å². The van der Waals surface area contributed by atoms with Crippen molar-refractivity contribution in [2.45, 2.75) is 12.5 Å². The average Bonchev–Trinajstić information content (AvgIpc) is 2.84. The molecule has 0 spiro atoms. The summed E-state index contributed by atoms with van der Waals surface area (Å²) in [6, 6.07) is 24.1. The molecule has 1 aliphatic heterocycles. The molecule has 2 aliphatic rings. The maximum absolute atomic E-state index is 10.2. The molecule has 0 radical (unpaired) electrons. The molecule has 2 aromatic carbocycles. The number of hydrogen-bond donors (Lipinski definition) is 1. The summed E-state index contributed by atoms with van der Waals surface area (Å²) in [5.41, 5.74) is 7.84. The van der Waals surface area contributed by atoms with Crippen molar-refractivity contribution >= 4 is 0 Å². The Balaban J connectivity index is 1.85. The number of rotatable bonds is 4. The van der Waals surface area contributed by atoms with E-state index in [4.69, 9.17) is 10.5 Å².